The third-order valence-electron chi connectivity index (χ3n) is 2.30. The van der Waals surface area contributed by atoms with E-state index in [9.17, 15) is 4.79 Å². The van der Waals surface area contributed by atoms with Gasteiger partial charge in [0.25, 0.3) is 0 Å². The SMILES string of the molecule is CCOC(=O)c1sc(CN)nc1C1CC1. The monoisotopic (exact) mass is 226 g/mol. The van der Waals surface area contributed by atoms with Gasteiger partial charge < -0.3 is 10.5 Å². The molecule has 2 N–H and O–H groups in total. The molecule has 1 heterocycles. The van der Waals surface area contributed by atoms with Crippen molar-refractivity contribution in [1.82, 2.24) is 4.98 Å². The number of ether oxygens (including phenoxy) is 1. The molecule has 15 heavy (non-hydrogen) atoms. The van der Waals surface area contributed by atoms with Crippen LogP contribution in [0.2, 0.25) is 0 Å². The number of rotatable bonds is 4. The molecule has 0 aromatic carbocycles. The highest BCUT2D eigenvalue weighted by molar-refractivity contribution is 7.13. The number of nitrogens with two attached hydrogens (primary N) is 1. The lowest BCUT2D eigenvalue weighted by molar-refractivity contribution is 0.0530. The van der Waals surface area contributed by atoms with Crippen LogP contribution in [0.3, 0.4) is 0 Å². The van der Waals surface area contributed by atoms with E-state index in [4.69, 9.17) is 10.5 Å². The summed E-state index contributed by atoms with van der Waals surface area (Å²) in [6.45, 7) is 2.60. The van der Waals surface area contributed by atoms with Crippen molar-refractivity contribution in [3.05, 3.63) is 15.6 Å². The summed E-state index contributed by atoms with van der Waals surface area (Å²) in [6.07, 6.45) is 2.25. The average Bonchev–Trinajstić information content (AvgIpc) is 2.98. The van der Waals surface area contributed by atoms with E-state index in [0.717, 1.165) is 23.5 Å². The Kier molecular flexibility index (Phi) is 3.02. The fraction of sp³-hybridized carbons (Fsp3) is 0.600. The van der Waals surface area contributed by atoms with Crippen LogP contribution in [0.15, 0.2) is 0 Å². The molecule has 5 heteroatoms. The molecule has 1 fully saturated rings. The molecule has 4 nitrogen and oxygen atoms in total. The maximum Gasteiger partial charge on any atom is 0.350 e. The normalized spacial score (nSPS) is 15.3. The van der Waals surface area contributed by atoms with Gasteiger partial charge in [-0.05, 0) is 19.8 Å². The van der Waals surface area contributed by atoms with Crippen molar-refractivity contribution in [2.75, 3.05) is 6.61 Å². The van der Waals surface area contributed by atoms with E-state index in [0.29, 0.717) is 23.9 Å². The molecule has 1 aliphatic rings. The maximum atomic E-state index is 11.6. The molecule has 0 bridgehead atoms. The Morgan fingerprint density at radius 2 is 2.40 bits per heavy atom. The van der Waals surface area contributed by atoms with E-state index in [1.54, 1.807) is 6.92 Å². The maximum absolute atomic E-state index is 11.6. The highest BCUT2D eigenvalue weighted by Crippen LogP contribution is 2.42. The molecule has 0 atom stereocenters. The van der Waals surface area contributed by atoms with E-state index >= 15 is 0 Å². The highest BCUT2D eigenvalue weighted by Gasteiger charge is 2.32. The second-order valence-electron chi connectivity index (χ2n) is 3.52. The summed E-state index contributed by atoms with van der Waals surface area (Å²) in [4.78, 5) is 16.7. The summed E-state index contributed by atoms with van der Waals surface area (Å²) < 4.78 is 5.00. The fourth-order valence-corrected chi connectivity index (χ4v) is 2.36. The molecule has 1 aliphatic carbocycles. The van der Waals surface area contributed by atoms with Gasteiger partial charge in [-0.1, -0.05) is 0 Å². The molecule has 2 rings (SSSR count). The Hall–Kier alpha value is -0.940. The van der Waals surface area contributed by atoms with Crippen molar-refractivity contribution in [1.29, 1.82) is 0 Å². The number of nitrogens with zero attached hydrogens (tertiary/aromatic N) is 1. The molecule has 0 spiro atoms. The van der Waals surface area contributed by atoms with Crippen molar-refractivity contribution in [2.24, 2.45) is 5.73 Å². The molecule has 1 aromatic heterocycles. The highest BCUT2D eigenvalue weighted by atomic mass is 32.1. The topological polar surface area (TPSA) is 65.2 Å². The van der Waals surface area contributed by atoms with Crippen LogP contribution in [0.1, 0.15) is 46.1 Å². The van der Waals surface area contributed by atoms with Crippen molar-refractivity contribution in [2.45, 2.75) is 32.2 Å². The first-order valence-corrected chi connectivity index (χ1v) is 5.94. The second kappa shape index (κ2) is 4.28. The smallest absolute Gasteiger partial charge is 0.350 e. The van der Waals surface area contributed by atoms with E-state index in [1.165, 1.54) is 11.3 Å². The van der Waals surface area contributed by atoms with Crippen LogP contribution in [-0.4, -0.2) is 17.6 Å². The number of aromatic nitrogens is 1. The van der Waals surface area contributed by atoms with Gasteiger partial charge in [0.15, 0.2) is 0 Å². The molecule has 0 aliphatic heterocycles. The quantitative estimate of drug-likeness (QED) is 0.793. The van der Waals surface area contributed by atoms with E-state index in [-0.39, 0.29) is 5.97 Å². The van der Waals surface area contributed by atoms with Crippen molar-refractivity contribution in [3.8, 4) is 0 Å². The van der Waals surface area contributed by atoms with Gasteiger partial charge in [-0.25, -0.2) is 9.78 Å². The minimum Gasteiger partial charge on any atom is -0.462 e. The number of hydrogen-bond donors (Lipinski definition) is 1. The van der Waals surface area contributed by atoms with Crippen LogP contribution in [0.5, 0.6) is 0 Å². The van der Waals surface area contributed by atoms with Crippen molar-refractivity contribution >= 4 is 17.3 Å². The summed E-state index contributed by atoms with van der Waals surface area (Å²) in [5.41, 5.74) is 6.42. The standard InChI is InChI=1S/C10H14N2O2S/c1-2-14-10(13)9-8(6-3-4-6)12-7(5-11)15-9/h6H,2-5,11H2,1H3. The predicted molar refractivity (Wildman–Crippen MR) is 57.9 cm³/mol. The Balaban J connectivity index is 2.26. The lowest BCUT2D eigenvalue weighted by Crippen LogP contribution is -2.05. The first-order valence-electron chi connectivity index (χ1n) is 5.13. The zero-order chi connectivity index (χ0) is 10.8. The Bertz CT molecular complexity index is 371. The Morgan fingerprint density at radius 3 is 2.93 bits per heavy atom. The molecule has 1 saturated carbocycles. The Morgan fingerprint density at radius 1 is 1.67 bits per heavy atom. The second-order valence-corrected chi connectivity index (χ2v) is 4.60. The third-order valence-corrected chi connectivity index (χ3v) is 3.37. The summed E-state index contributed by atoms with van der Waals surface area (Å²) in [5, 5.41) is 0.819. The summed E-state index contributed by atoms with van der Waals surface area (Å²) in [7, 11) is 0. The van der Waals surface area contributed by atoms with Crippen LogP contribution in [-0.2, 0) is 11.3 Å². The minimum absolute atomic E-state index is 0.253. The Labute approximate surface area is 92.5 Å². The first kappa shape index (κ1) is 10.6. The zero-order valence-electron chi connectivity index (χ0n) is 8.66. The molecular weight excluding hydrogens is 212 g/mol. The number of carbonyl (C=O) groups excluding carboxylic acids is 1. The molecular formula is C10H14N2O2S. The first-order chi connectivity index (χ1) is 7.26. The molecule has 82 valence electrons. The molecule has 0 saturated heterocycles. The molecule has 0 unspecified atom stereocenters. The van der Waals surface area contributed by atoms with Crippen molar-refractivity contribution < 1.29 is 9.53 Å². The fourth-order valence-electron chi connectivity index (χ4n) is 1.44. The van der Waals surface area contributed by atoms with Gasteiger partial charge in [-0.15, -0.1) is 11.3 Å². The lowest BCUT2D eigenvalue weighted by Gasteiger charge is -1.99. The average molecular weight is 226 g/mol. The predicted octanol–water partition coefficient (Wildman–Crippen LogP) is 1.66. The van der Waals surface area contributed by atoms with E-state index < -0.39 is 0 Å². The van der Waals surface area contributed by atoms with E-state index in [2.05, 4.69) is 4.98 Å². The summed E-state index contributed by atoms with van der Waals surface area (Å²) >= 11 is 1.37. The van der Waals surface area contributed by atoms with Gasteiger partial charge in [0, 0.05) is 12.5 Å². The van der Waals surface area contributed by atoms with Gasteiger partial charge in [0.1, 0.15) is 9.88 Å². The molecule has 0 radical (unpaired) electrons. The number of carbonyl (C=O) groups is 1. The third kappa shape index (κ3) is 2.18. The van der Waals surface area contributed by atoms with Crippen molar-refractivity contribution in [3.63, 3.8) is 0 Å². The number of thiazole rings is 1. The number of esters is 1. The summed E-state index contributed by atoms with van der Waals surface area (Å²) in [6, 6.07) is 0. The lowest BCUT2D eigenvalue weighted by atomic mass is 10.2. The minimum atomic E-state index is -0.253. The van der Waals surface area contributed by atoms with Crippen LogP contribution in [0.25, 0.3) is 0 Å². The molecule has 0 amide bonds. The van der Waals surface area contributed by atoms with Gasteiger partial charge in [0.05, 0.1) is 12.3 Å². The van der Waals surface area contributed by atoms with Gasteiger partial charge in [-0.2, -0.15) is 0 Å². The van der Waals surface area contributed by atoms with Gasteiger partial charge in [0.2, 0.25) is 0 Å². The van der Waals surface area contributed by atoms with Crippen LogP contribution >= 0.6 is 11.3 Å². The van der Waals surface area contributed by atoms with Crippen LogP contribution < -0.4 is 5.73 Å². The van der Waals surface area contributed by atoms with Gasteiger partial charge in [-0.3, -0.25) is 0 Å². The largest absolute Gasteiger partial charge is 0.462 e. The molecule has 1 aromatic rings. The van der Waals surface area contributed by atoms with Gasteiger partial charge >= 0.3 is 5.97 Å². The number of hydrogen-bond acceptors (Lipinski definition) is 5. The van der Waals surface area contributed by atoms with Crippen LogP contribution in [0, 0.1) is 0 Å². The van der Waals surface area contributed by atoms with E-state index in [1.807, 2.05) is 0 Å². The van der Waals surface area contributed by atoms with Crippen LogP contribution in [0.4, 0.5) is 0 Å². The zero-order valence-corrected chi connectivity index (χ0v) is 9.47. The summed E-state index contributed by atoms with van der Waals surface area (Å²) in [5.74, 6) is 0.206.